The van der Waals surface area contributed by atoms with Crippen LogP contribution in [0.15, 0.2) is 47.0 Å². The van der Waals surface area contributed by atoms with Crippen molar-refractivity contribution < 1.29 is 19.3 Å². The number of aromatic nitrogens is 2. The van der Waals surface area contributed by atoms with E-state index in [0.29, 0.717) is 40.9 Å². The van der Waals surface area contributed by atoms with Crippen LogP contribution in [0, 0.1) is 10.1 Å². The third-order valence-corrected chi connectivity index (χ3v) is 3.89. The van der Waals surface area contributed by atoms with Gasteiger partial charge in [0.1, 0.15) is 5.75 Å². The fourth-order valence-corrected chi connectivity index (χ4v) is 2.57. The zero-order valence-corrected chi connectivity index (χ0v) is 15.1. The maximum Gasteiger partial charge on any atom is 0.271 e. The van der Waals surface area contributed by atoms with Gasteiger partial charge in [-0.15, -0.1) is 0 Å². The summed E-state index contributed by atoms with van der Waals surface area (Å²) >= 11 is 0. The van der Waals surface area contributed by atoms with Gasteiger partial charge in [0.2, 0.25) is 11.7 Å². The second-order valence-corrected chi connectivity index (χ2v) is 5.70. The van der Waals surface area contributed by atoms with Crippen LogP contribution in [-0.4, -0.2) is 40.4 Å². The average Bonchev–Trinajstić information content (AvgIpc) is 3.19. The largest absolute Gasteiger partial charge is 0.496 e. The lowest BCUT2D eigenvalue weighted by Gasteiger charge is -2.12. The Morgan fingerprint density at radius 1 is 1.21 bits per heavy atom. The summed E-state index contributed by atoms with van der Waals surface area (Å²) in [5.74, 6) is 1.31. The molecule has 0 aliphatic heterocycles. The summed E-state index contributed by atoms with van der Waals surface area (Å²) in [4.78, 5) is 14.9. The molecule has 1 aromatic heterocycles. The summed E-state index contributed by atoms with van der Waals surface area (Å²) in [6, 6.07) is 11.7. The number of ether oxygens (including phenoxy) is 1. The molecular formula is C18H19N5O5. The normalized spacial score (nSPS) is 10.5. The first-order valence-electron chi connectivity index (χ1n) is 8.45. The van der Waals surface area contributed by atoms with Gasteiger partial charge in [-0.3, -0.25) is 10.1 Å². The Balaban J connectivity index is 1.78. The van der Waals surface area contributed by atoms with E-state index >= 15 is 0 Å². The number of non-ortho nitro benzene ring substituents is 1. The number of aliphatic hydroxyl groups excluding tert-OH is 1. The van der Waals surface area contributed by atoms with Gasteiger partial charge in [-0.25, -0.2) is 0 Å². The number of nitro groups is 1. The molecule has 0 spiro atoms. The highest BCUT2D eigenvalue weighted by Gasteiger charge is 2.15. The van der Waals surface area contributed by atoms with Crippen LogP contribution in [-0.2, 0) is 6.54 Å². The zero-order valence-electron chi connectivity index (χ0n) is 15.1. The van der Waals surface area contributed by atoms with Crippen molar-refractivity contribution in [3.05, 3.63) is 58.5 Å². The number of methoxy groups -OCH3 is 1. The number of benzene rings is 2. The molecule has 3 N–H and O–H groups in total. The molecule has 0 radical (unpaired) electrons. The fraction of sp³-hybridized carbons (Fsp3) is 0.222. The van der Waals surface area contributed by atoms with Gasteiger partial charge in [0, 0.05) is 18.7 Å². The number of rotatable bonds is 9. The minimum atomic E-state index is -0.479. The van der Waals surface area contributed by atoms with E-state index < -0.39 is 4.92 Å². The van der Waals surface area contributed by atoms with Crippen molar-refractivity contribution in [2.45, 2.75) is 6.54 Å². The van der Waals surface area contributed by atoms with Gasteiger partial charge in [0.05, 0.1) is 42.1 Å². The molecule has 10 heteroatoms. The summed E-state index contributed by atoms with van der Waals surface area (Å²) in [6.07, 6.45) is 0. The molecule has 0 saturated carbocycles. The van der Waals surface area contributed by atoms with E-state index in [1.807, 2.05) is 18.2 Å². The maximum atomic E-state index is 11.0. The molecule has 0 fully saturated rings. The quantitative estimate of drug-likeness (QED) is 0.375. The van der Waals surface area contributed by atoms with Gasteiger partial charge in [0.15, 0.2) is 0 Å². The zero-order chi connectivity index (χ0) is 19.9. The SMILES string of the molecule is COc1ccccc1-c1noc(CNc2cc([N+](=O)[O-])ccc2NCCO)n1. The van der Waals surface area contributed by atoms with Crippen LogP contribution in [0.25, 0.3) is 11.4 Å². The van der Waals surface area contributed by atoms with Crippen LogP contribution in [0.2, 0.25) is 0 Å². The van der Waals surface area contributed by atoms with E-state index in [9.17, 15) is 10.1 Å². The van der Waals surface area contributed by atoms with Crippen LogP contribution in [0.4, 0.5) is 17.1 Å². The van der Waals surface area contributed by atoms with Crippen LogP contribution in [0.3, 0.4) is 0 Å². The lowest BCUT2D eigenvalue weighted by atomic mass is 10.2. The molecule has 0 aliphatic rings. The molecule has 3 rings (SSSR count). The molecule has 0 saturated heterocycles. The molecular weight excluding hydrogens is 366 g/mol. The van der Waals surface area contributed by atoms with E-state index in [1.165, 1.54) is 12.1 Å². The highest BCUT2D eigenvalue weighted by molar-refractivity contribution is 5.72. The molecule has 28 heavy (non-hydrogen) atoms. The second-order valence-electron chi connectivity index (χ2n) is 5.70. The molecule has 1 heterocycles. The minimum absolute atomic E-state index is 0.0581. The third kappa shape index (κ3) is 4.35. The van der Waals surface area contributed by atoms with Crippen molar-refractivity contribution >= 4 is 17.1 Å². The van der Waals surface area contributed by atoms with Crippen molar-refractivity contribution in [1.29, 1.82) is 0 Å². The van der Waals surface area contributed by atoms with Crippen LogP contribution in [0.5, 0.6) is 5.75 Å². The number of nitrogens with one attached hydrogen (secondary N) is 2. The first-order chi connectivity index (χ1) is 13.6. The third-order valence-electron chi connectivity index (χ3n) is 3.89. The highest BCUT2D eigenvalue weighted by atomic mass is 16.6. The summed E-state index contributed by atoms with van der Waals surface area (Å²) < 4.78 is 10.6. The Kier molecular flexibility index (Phi) is 6.02. The van der Waals surface area contributed by atoms with E-state index in [2.05, 4.69) is 20.8 Å². The molecule has 10 nitrogen and oxygen atoms in total. The molecule has 0 aliphatic carbocycles. The van der Waals surface area contributed by atoms with Gasteiger partial charge in [-0.2, -0.15) is 4.98 Å². The van der Waals surface area contributed by atoms with Crippen molar-refractivity contribution in [1.82, 2.24) is 10.1 Å². The molecule has 0 atom stereocenters. The number of anilines is 2. The molecule has 0 bridgehead atoms. The van der Waals surface area contributed by atoms with Crippen LogP contribution in [0.1, 0.15) is 5.89 Å². The predicted molar refractivity (Wildman–Crippen MR) is 102 cm³/mol. The monoisotopic (exact) mass is 385 g/mol. The molecule has 0 amide bonds. The Morgan fingerprint density at radius 2 is 2.04 bits per heavy atom. The summed E-state index contributed by atoms with van der Waals surface area (Å²) in [5, 5.41) is 30.0. The van der Waals surface area contributed by atoms with E-state index in [4.69, 9.17) is 14.4 Å². The second kappa shape index (κ2) is 8.82. The van der Waals surface area contributed by atoms with Crippen molar-refractivity contribution in [3.8, 4) is 17.1 Å². The number of nitro benzene ring substituents is 1. The summed E-state index contributed by atoms with van der Waals surface area (Å²) in [6.45, 7) is 0.407. The first-order valence-corrected chi connectivity index (χ1v) is 8.45. The standard InChI is InChI=1S/C18H19N5O5/c1-27-16-5-3-2-4-13(16)18-21-17(28-22-18)11-20-15-10-12(23(25)26)6-7-14(15)19-8-9-24/h2-7,10,19-20,24H,8-9,11H2,1H3. The van der Waals surface area contributed by atoms with Gasteiger partial charge in [-0.05, 0) is 18.2 Å². The number of hydrogen-bond donors (Lipinski definition) is 3. The first kappa shape index (κ1) is 19.1. The minimum Gasteiger partial charge on any atom is -0.496 e. The number of para-hydroxylation sites is 1. The maximum absolute atomic E-state index is 11.0. The van der Waals surface area contributed by atoms with Crippen LogP contribution >= 0.6 is 0 Å². The Morgan fingerprint density at radius 3 is 2.79 bits per heavy atom. The number of nitrogens with zero attached hydrogens (tertiary/aromatic N) is 3. The Bertz CT molecular complexity index is 959. The van der Waals surface area contributed by atoms with Crippen molar-refractivity contribution in [2.75, 3.05) is 30.9 Å². The van der Waals surface area contributed by atoms with Crippen LogP contribution < -0.4 is 15.4 Å². The van der Waals surface area contributed by atoms with E-state index in [1.54, 1.807) is 19.2 Å². The highest BCUT2D eigenvalue weighted by Crippen LogP contribution is 2.29. The van der Waals surface area contributed by atoms with Crippen molar-refractivity contribution in [3.63, 3.8) is 0 Å². The van der Waals surface area contributed by atoms with E-state index in [-0.39, 0.29) is 18.8 Å². The predicted octanol–water partition coefficient (Wildman–Crippen LogP) is 2.67. The van der Waals surface area contributed by atoms with Gasteiger partial charge in [0.25, 0.3) is 5.69 Å². The lowest BCUT2D eigenvalue weighted by Crippen LogP contribution is -2.09. The Labute approximate surface area is 160 Å². The Hall–Kier alpha value is -3.66. The summed E-state index contributed by atoms with van der Waals surface area (Å²) in [7, 11) is 1.56. The van der Waals surface area contributed by atoms with Gasteiger partial charge in [-0.1, -0.05) is 17.3 Å². The fourth-order valence-electron chi connectivity index (χ4n) is 2.57. The molecule has 3 aromatic rings. The molecule has 146 valence electrons. The summed E-state index contributed by atoms with van der Waals surface area (Å²) in [5.41, 5.74) is 1.74. The molecule has 0 unspecified atom stereocenters. The van der Waals surface area contributed by atoms with Gasteiger partial charge >= 0.3 is 0 Å². The number of aliphatic hydroxyl groups is 1. The van der Waals surface area contributed by atoms with Crippen molar-refractivity contribution in [2.24, 2.45) is 0 Å². The lowest BCUT2D eigenvalue weighted by molar-refractivity contribution is -0.384. The average molecular weight is 385 g/mol. The number of hydrogen-bond acceptors (Lipinski definition) is 9. The van der Waals surface area contributed by atoms with Gasteiger partial charge < -0.3 is 25.0 Å². The topological polar surface area (TPSA) is 136 Å². The molecule has 2 aromatic carbocycles. The van der Waals surface area contributed by atoms with E-state index in [0.717, 1.165) is 0 Å². The smallest absolute Gasteiger partial charge is 0.271 e.